The average molecular weight is 1800 g/mol. The number of aromatic nitrogens is 3. The molecule has 0 aliphatic heterocycles. The van der Waals surface area contributed by atoms with Gasteiger partial charge in [-0.25, -0.2) is 42.5 Å². The molecule has 0 bridgehead atoms. The highest BCUT2D eigenvalue weighted by molar-refractivity contribution is 5.97. The predicted octanol–water partition coefficient (Wildman–Crippen LogP) is 17.0. The summed E-state index contributed by atoms with van der Waals surface area (Å²) in [5, 5.41) is 75.5. The van der Waals surface area contributed by atoms with E-state index in [1.165, 1.54) is 48.5 Å². The quantitative estimate of drug-likeness (QED) is 0.0162. The number of amides is 2. The molecule has 27 nitrogen and oxygen atoms in total. The number of carboxylic acids is 1. The first kappa shape index (κ1) is 104. The molecule has 3 saturated carbocycles. The van der Waals surface area contributed by atoms with E-state index in [4.69, 9.17) is 69.7 Å². The van der Waals surface area contributed by atoms with Crippen LogP contribution >= 0.6 is 0 Å². The first-order valence-electron chi connectivity index (χ1n) is 42.9. The van der Waals surface area contributed by atoms with Gasteiger partial charge in [0, 0.05) is 52.7 Å². The number of carbonyl (C=O) groups is 5. The monoisotopic (exact) mass is 1800 g/mol. The number of hydrogen-bond acceptors (Lipinski definition) is 24. The van der Waals surface area contributed by atoms with Gasteiger partial charge in [0.05, 0.1) is 88.9 Å². The van der Waals surface area contributed by atoms with Crippen LogP contribution in [0.25, 0.3) is 33.8 Å². The van der Waals surface area contributed by atoms with Gasteiger partial charge in [0.15, 0.2) is 46.1 Å². The van der Waals surface area contributed by atoms with Crippen molar-refractivity contribution in [2.45, 2.75) is 238 Å². The molecule has 3 unspecified atom stereocenters. The zero-order valence-corrected chi connectivity index (χ0v) is 75.9. The Morgan fingerprint density at radius 3 is 0.962 bits per heavy atom. The van der Waals surface area contributed by atoms with E-state index in [0.717, 1.165) is 44.1 Å². The van der Waals surface area contributed by atoms with Crippen molar-refractivity contribution in [2.75, 3.05) is 46.2 Å². The highest BCUT2D eigenvalue weighted by atomic mass is 19.1. The van der Waals surface area contributed by atoms with E-state index >= 15 is 0 Å². The fraction of sp³-hybridized carbons (Fsp3) is 0.440. The van der Waals surface area contributed by atoms with E-state index in [9.17, 15) is 57.6 Å². The van der Waals surface area contributed by atoms with E-state index in [-0.39, 0.29) is 132 Å². The Bertz CT molecular complexity index is 5330. The van der Waals surface area contributed by atoms with Gasteiger partial charge in [-0.15, -0.1) is 0 Å². The third-order valence-electron chi connectivity index (χ3n) is 20.7. The molecule has 3 aliphatic carbocycles. The molecule has 130 heavy (non-hydrogen) atoms. The van der Waals surface area contributed by atoms with Gasteiger partial charge < -0.3 is 95.7 Å². The number of hydrogen-bond donors (Lipinski definition) is 11. The number of rotatable bonds is 36. The van der Waals surface area contributed by atoms with Crippen molar-refractivity contribution in [3.63, 3.8) is 0 Å². The van der Waals surface area contributed by atoms with Crippen LogP contribution in [-0.4, -0.2) is 156 Å². The number of aliphatic hydroxyl groups excluding tert-OH is 3. The van der Waals surface area contributed by atoms with E-state index < -0.39 is 68.6 Å². The molecular weight excluding hydrogens is 1680 g/mol. The van der Waals surface area contributed by atoms with Crippen molar-refractivity contribution in [3.8, 4) is 68.3 Å². The second-order valence-electron chi connectivity index (χ2n) is 36.5. The number of ether oxygens (including phenoxy) is 8. The number of carbonyl (C=O) groups excluding carboxylic acids is 4. The Morgan fingerprint density at radius 2 is 0.685 bits per heavy atom. The summed E-state index contributed by atoms with van der Waals surface area (Å²) in [5.41, 5.74) is 11.5. The van der Waals surface area contributed by atoms with Gasteiger partial charge in [-0.05, 0) is 336 Å². The van der Waals surface area contributed by atoms with Crippen LogP contribution in [0.5, 0.6) is 34.5 Å². The Kier molecular flexibility index (Phi) is 35.4. The van der Waals surface area contributed by atoms with E-state index in [1.807, 2.05) is 33.8 Å². The molecule has 3 aliphatic rings. The Morgan fingerprint density at radius 1 is 0.400 bits per heavy atom. The third-order valence-corrected chi connectivity index (χ3v) is 20.7. The fourth-order valence-electron chi connectivity index (χ4n) is 12.6. The lowest BCUT2D eigenvalue weighted by molar-refractivity contribution is 0.0393. The number of nitrogens with two attached hydrogens (primary N) is 2. The molecule has 13 N–H and O–H groups in total. The van der Waals surface area contributed by atoms with Crippen LogP contribution in [0.1, 0.15) is 240 Å². The average Bonchev–Trinajstić information content (AvgIpc) is 1.31. The number of aromatic carboxylic acids is 1. The molecule has 9 aromatic rings. The van der Waals surface area contributed by atoms with Crippen LogP contribution in [0.4, 0.5) is 22.8 Å². The van der Waals surface area contributed by atoms with Crippen LogP contribution in [-0.2, 0) is 42.9 Å². The second-order valence-corrected chi connectivity index (χ2v) is 36.5. The van der Waals surface area contributed by atoms with Gasteiger partial charge >= 0.3 is 18.2 Å². The standard InChI is InChI=1S/C35H43FN2O7.C30H35FN2O5.C22H30FN3O3.C12H14O5.CH4/c1-33(2,3)45-32(41)38-34(4,5)24-20-27(22-7-10-25(36)11-8-22)37-31(21-24)35(6,42)16-15-28(40)23-9-14-29(44-26-12-13-26)30(19-23)43-18-17-39;1-29(2,32)21-17-24(19-4-7-22(31)8-5-19)33-28(18-21)30(3,36)13-12-25(35)20-6-11-26(38-23-9-10-23)27(16-20)37-15-14-34;1-20(2,3)29-19(27)26-21(4,5)15-11-17(14-7-9-16(23)10-8-14)25-18(12-15)22(6,28)13-24;13-5-6-16-11-7-8(12(14)15)1-4-10(11)17-9-2-3-9;/h7-11,14,19-21,26,39,42H,12-13,15-18H2,1-6H3,(H,38,41);4-8,11,16-18,23,34,36H,9-10,12-15,32H2,1-3H3;7-12,28H,13,24H2,1-6H3,(H,26,27);1,4,7,9,13H,2-3,5-6H2,(H,14,15);1H4. The summed E-state index contributed by atoms with van der Waals surface area (Å²) in [7, 11) is 0. The smallest absolute Gasteiger partial charge is 0.408 e. The molecule has 0 saturated heterocycles. The number of Topliss-reactive ketones (excluding diaryl/α,β-unsaturated/α-hetero) is 2. The number of nitrogens with zero attached hydrogens (tertiary/aromatic N) is 3. The molecule has 3 fully saturated rings. The van der Waals surface area contributed by atoms with Crippen molar-refractivity contribution in [1.29, 1.82) is 0 Å². The van der Waals surface area contributed by atoms with Crippen molar-refractivity contribution in [3.05, 3.63) is 232 Å². The van der Waals surface area contributed by atoms with Gasteiger partial charge in [0.1, 0.15) is 65.3 Å². The molecule has 2 amide bonds. The number of alkyl carbamates (subject to hydrolysis) is 2. The lowest BCUT2D eigenvalue weighted by Gasteiger charge is -2.31. The maximum atomic E-state index is 13.7. The molecule has 3 heterocycles. The van der Waals surface area contributed by atoms with Crippen molar-refractivity contribution in [2.24, 2.45) is 11.5 Å². The molecule has 702 valence electrons. The normalized spacial score (nSPS) is 14.6. The summed E-state index contributed by atoms with van der Waals surface area (Å²) < 4.78 is 85.2. The zero-order chi connectivity index (χ0) is 94.8. The number of halogens is 3. The summed E-state index contributed by atoms with van der Waals surface area (Å²) in [6, 6.07) is 42.7. The molecule has 12 rings (SSSR count). The highest BCUT2D eigenvalue weighted by Gasteiger charge is 2.37. The topological polar surface area (TPSA) is 416 Å². The van der Waals surface area contributed by atoms with Crippen molar-refractivity contribution < 1.29 is 111 Å². The van der Waals surface area contributed by atoms with E-state index in [2.05, 4.69) is 20.6 Å². The number of pyridine rings is 3. The summed E-state index contributed by atoms with van der Waals surface area (Å²) in [6.45, 7) is 26.2. The minimum absolute atomic E-state index is 0. The van der Waals surface area contributed by atoms with E-state index in [0.29, 0.717) is 102 Å². The summed E-state index contributed by atoms with van der Waals surface area (Å²) in [6.07, 6.45) is 5.44. The number of carboxylic acid groups (broad SMARTS) is 1. The van der Waals surface area contributed by atoms with Gasteiger partial charge in [0.25, 0.3) is 0 Å². The first-order valence-corrected chi connectivity index (χ1v) is 42.9. The molecule has 0 spiro atoms. The molecule has 3 aromatic heterocycles. The Balaban J connectivity index is 0.000000223. The first-order chi connectivity index (χ1) is 60.5. The molecule has 0 radical (unpaired) electrons. The number of nitrogens with one attached hydrogen (secondary N) is 2. The predicted molar refractivity (Wildman–Crippen MR) is 488 cm³/mol. The van der Waals surface area contributed by atoms with E-state index in [1.54, 1.807) is 185 Å². The van der Waals surface area contributed by atoms with Crippen molar-refractivity contribution >= 4 is 29.7 Å². The number of aliphatic hydroxyl groups is 6. The Hall–Kier alpha value is -11.6. The lowest BCUT2D eigenvalue weighted by atomic mass is 9.87. The summed E-state index contributed by atoms with van der Waals surface area (Å²) >= 11 is 0. The minimum atomic E-state index is -1.55. The SMILES string of the molecule is C.CC(C)(C)OC(=O)NC(C)(C)c1cc(-c2ccc(F)cc2)nc(C(C)(O)CCC(=O)c2ccc(OC3CC3)c(OCCO)c2)c1.CC(C)(C)OC(=O)NC(C)(C)c1cc(-c2ccc(F)cc2)nc(C(C)(O)CN)c1.CC(C)(N)c1cc(-c2ccc(F)cc2)nc(C(C)(O)CCC(=O)c2ccc(OC3CC3)c(OCCO)c2)c1.O=C(O)c1ccc(OC2CC2)c(OCCO)c1. The molecule has 3 atom stereocenters. The molecular formula is C100H126F3N7O20. The largest absolute Gasteiger partial charge is 0.487 e. The fourth-order valence-corrected chi connectivity index (χ4v) is 12.6. The van der Waals surface area contributed by atoms with Crippen LogP contribution in [0.2, 0.25) is 0 Å². The molecule has 6 aromatic carbocycles. The zero-order valence-electron chi connectivity index (χ0n) is 75.9. The maximum absolute atomic E-state index is 13.7. The van der Waals surface area contributed by atoms with Gasteiger partial charge in [-0.1, -0.05) is 7.43 Å². The van der Waals surface area contributed by atoms with Crippen molar-refractivity contribution in [1.82, 2.24) is 25.6 Å². The Labute approximate surface area is 758 Å². The maximum Gasteiger partial charge on any atom is 0.408 e. The van der Waals surface area contributed by atoms with Gasteiger partial charge in [-0.2, -0.15) is 0 Å². The number of benzene rings is 6. The van der Waals surface area contributed by atoms with Gasteiger partial charge in [0.2, 0.25) is 0 Å². The highest BCUT2D eigenvalue weighted by Crippen LogP contribution is 2.41. The summed E-state index contributed by atoms with van der Waals surface area (Å²) in [5.74, 6) is 0.236. The lowest BCUT2D eigenvalue weighted by Crippen LogP contribution is -2.44. The third kappa shape index (κ3) is 31.6. The van der Waals surface area contributed by atoms with Crippen LogP contribution in [0.3, 0.4) is 0 Å². The number of ketones is 2. The van der Waals surface area contributed by atoms with Crippen LogP contribution in [0.15, 0.2) is 164 Å². The summed E-state index contributed by atoms with van der Waals surface area (Å²) in [4.78, 5) is 76.1. The van der Waals surface area contributed by atoms with Crippen LogP contribution < -0.4 is 50.5 Å². The minimum Gasteiger partial charge on any atom is -0.487 e. The molecule has 30 heteroatoms. The second kappa shape index (κ2) is 44.3. The van der Waals surface area contributed by atoms with Gasteiger partial charge in [-0.3, -0.25) is 9.59 Å². The van der Waals surface area contributed by atoms with Crippen LogP contribution in [0, 0.1) is 17.5 Å².